The molecule has 2 aromatic rings. The van der Waals surface area contributed by atoms with Crippen LogP contribution in [0.1, 0.15) is 29.2 Å². The molecular formula is C16H14F2O2. The zero-order valence-corrected chi connectivity index (χ0v) is 10.8. The van der Waals surface area contributed by atoms with E-state index in [4.69, 9.17) is 4.74 Å². The SMILES string of the molecule is O[C@@H]1CCc2cc(OCc3c(F)cccc3F)ccc21. The van der Waals surface area contributed by atoms with Crippen molar-refractivity contribution >= 4 is 0 Å². The van der Waals surface area contributed by atoms with Gasteiger partial charge in [-0.05, 0) is 48.2 Å². The molecule has 0 aromatic heterocycles. The van der Waals surface area contributed by atoms with E-state index in [1.807, 2.05) is 6.07 Å². The van der Waals surface area contributed by atoms with Crippen LogP contribution in [-0.4, -0.2) is 5.11 Å². The average Bonchev–Trinajstić information content (AvgIpc) is 2.79. The van der Waals surface area contributed by atoms with Crippen LogP contribution in [0.3, 0.4) is 0 Å². The maximum Gasteiger partial charge on any atom is 0.132 e. The lowest BCUT2D eigenvalue weighted by molar-refractivity contribution is 0.180. The topological polar surface area (TPSA) is 29.5 Å². The summed E-state index contributed by atoms with van der Waals surface area (Å²) in [5.74, 6) is -0.663. The predicted molar refractivity (Wildman–Crippen MR) is 70.4 cm³/mol. The third-order valence-corrected chi connectivity index (χ3v) is 3.61. The monoisotopic (exact) mass is 276 g/mol. The highest BCUT2D eigenvalue weighted by Gasteiger charge is 2.20. The van der Waals surface area contributed by atoms with Crippen LogP contribution >= 0.6 is 0 Å². The van der Waals surface area contributed by atoms with Crippen molar-refractivity contribution in [2.45, 2.75) is 25.6 Å². The van der Waals surface area contributed by atoms with Crippen LogP contribution in [-0.2, 0) is 13.0 Å². The Balaban J connectivity index is 1.76. The third kappa shape index (κ3) is 2.39. The Labute approximate surface area is 115 Å². The van der Waals surface area contributed by atoms with Crippen molar-refractivity contribution in [3.05, 3.63) is 64.7 Å². The Hall–Kier alpha value is -1.94. The van der Waals surface area contributed by atoms with Crippen LogP contribution in [0.4, 0.5) is 8.78 Å². The molecule has 0 aliphatic heterocycles. The Kier molecular flexibility index (Phi) is 3.40. The van der Waals surface area contributed by atoms with Crippen LogP contribution in [0.25, 0.3) is 0 Å². The molecule has 1 aliphatic carbocycles. The Morgan fingerprint density at radius 3 is 2.65 bits per heavy atom. The quantitative estimate of drug-likeness (QED) is 0.929. The number of ether oxygens (including phenoxy) is 1. The van der Waals surface area contributed by atoms with Gasteiger partial charge in [-0.25, -0.2) is 8.78 Å². The van der Waals surface area contributed by atoms with Crippen molar-refractivity contribution in [1.29, 1.82) is 0 Å². The molecule has 104 valence electrons. The molecule has 0 amide bonds. The van der Waals surface area contributed by atoms with Gasteiger partial charge in [0.05, 0.1) is 11.7 Å². The normalized spacial score (nSPS) is 17.1. The first-order valence-corrected chi connectivity index (χ1v) is 6.52. The van der Waals surface area contributed by atoms with Crippen molar-refractivity contribution in [3.63, 3.8) is 0 Å². The van der Waals surface area contributed by atoms with E-state index in [9.17, 15) is 13.9 Å². The number of aliphatic hydroxyl groups is 1. The van der Waals surface area contributed by atoms with Gasteiger partial charge in [-0.2, -0.15) is 0 Å². The summed E-state index contributed by atoms with van der Waals surface area (Å²) < 4.78 is 32.4. The van der Waals surface area contributed by atoms with Crippen LogP contribution in [0.2, 0.25) is 0 Å². The number of rotatable bonds is 3. The molecule has 0 bridgehead atoms. The highest BCUT2D eigenvalue weighted by atomic mass is 19.1. The molecule has 2 aromatic carbocycles. The van der Waals surface area contributed by atoms with Gasteiger partial charge in [-0.15, -0.1) is 0 Å². The molecule has 1 N–H and O–H groups in total. The van der Waals surface area contributed by atoms with E-state index in [1.165, 1.54) is 18.2 Å². The van der Waals surface area contributed by atoms with Gasteiger partial charge < -0.3 is 9.84 Å². The molecular weight excluding hydrogens is 262 g/mol. The highest BCUT2D eigenvalue weighted by Crippen LogP contribution is 2.33. The second-order valence-corrected chi connectivity index (χ2v) is 4.90. The second-order valence-electron chi connectivity index (χ2n) is 4.90. The predicted octanol–water partition coefficient (Wildman–Crippen LogP) is 3.52. The van der Waals surface area contributed by atoms with E-state index < -0.39 is 17.7 Å². The van der Waals surface area contributed by atoms with Gasteiger partial charge in [0.25, 0.3) is 0 Å². The summed E-state index contributed by atoms with van der Waals surface area (Å²) in [4.78, 5) is 0. The van der Waals surface area contributed by atoms with Crippen LogP contribution < -0.4 is 4.74 Å². The first-order valence-electron chi connectivity index (χ1n) is 6.52. The minimum Gasteiger partial charge on any atom is -0.489 e. The van der Waals surface area contributed by atoms with E-state index in [0.29, 0.717) is 12.2 Å². The largest absolute Gasteiger partial charge is 0.489 e. The van der Waals surface area contributed by atoms with Crippen molar-refractivity contribution < 1.29 is 18.6 Å². The van der Waals surface area contributed by atoms with Gasteiger partial charge in [0.1, 0.15) is 24.0 Å². The first-order chi connectivity index (χ1) is 9.65. The molecule has 2 nitrogen and oxygen atoms in total. The van der Waals surface area contributed by atoms with Gasteiger partial charge in [0.2, 0.25) is 0 Å². The molecule has 1 aliphatic rings. The molecule has 0 spiro atoms. The molecule has 0 saturated heterocycles. The number of hydrogen-bond donors (Lipinski definition) is 1. The summed E-state index contributed by atoms with van der Waals surface area (Å²) in [7, 11) is 0. The number of aryl methyl sites for hydroxylation is 1. The summed E-state index contributed by atoms with van der Waals surface area (Å²) in [6, 6.07) is 9.09. The summed E-state index contributed by atoms with van der Waals surface area (Å²) in [6.07, 6.45) is 1.09. The first kappa shape index (κ1) is 13.1. The van der Waals surface area contributed by atoms with Crippen molar-refractivity contribution in [1.82, 2.24) is 0 Å². The summed E-state index contributed by atoms with van der Waals surface area (Å²) >= 11 is 0. The molecule has 0 heterocycles. The van der Waals surface area contributed by atoms with Gasteiger partial charge in [-0.1, -0.05) is 12.1 Å². The average molecular weight is 276 g/mol. The third-order valence-electron chi connectivity index (χ3n) is 3.61. The van der Waals surface area contributed by atoms with E-state index in [1.54, 1.807) is 12.1 Å². The second kappa shape index (κ2) is 5.21. The zero-order chi connectivity index (χ0) is 14.1. The Bertz CT molecular complexity index is 620. The lowest BCUT2D eigenvalue weighted by Gasteiger charge is -2.10. The number of benzene rings is 2. The van der Waals surface area contributed by atoms with Gasteiger partial charge in [0, 0.05) is 0 Å². The van der Waals surface area contributed by atoms with Crippen LogP contribution in [0.15, 0.2) is 36.4 Å². The molecule has 0 fully saturated rings. The number of aliphatic hydroxyl groups excluding tert-OH is 1. The summed E-state index contributed by atoms with van der Waals surface area (Å²) in [5.41, 5.74) is 1.87. The Morgan fingerprint density at radius 1 is 1.15 bits per heavy atom. The van der Waals surface area contributed by atoms with Gasteiger partial charge >= 0.3 is 0 Å². The zero-order valence-electron chi connectivity index (χ0n) is 10.8. The Morgan fingerprint density at radius 2 is 1.90 bits per heavy atom. The van der Waals surface area contributed by atoms with E-state index in [0.717, 1.165) is 17.5 Å². The maximum absolute atomic E-state index is 13.5. The van der Waals surface area contributed by atoms with E-state index in [-0.39, 0.29) is 12.2 Å². The number of halogens is 2. The summed E-state index contributed by atoms with van der Waals surface area (Å²) in [6.45, 7) is -0.153. The number of fused-ring (bicyclic) bond motifs is 1. The van der Waals surface area contributed by atoms with Gasteiger partial charge in [0.15, 0.2) is 0 Å². The van der Waals surface area contributed by atoms with E-state index in [2.05, 4.69) is 0 Å². The summed E-state index contributed by atoms with van der Waals surface area (Å²) in [5, 5.41) is 9.71. The van der Waals surface area contributed by atoms with E-state index >= 15 is 0 Å². The van der Waals surface area contributed by atoms with Crippen LogP contribution in [0.5, 0.6) is 5.75 Å². The van der Waals surface area contributed by atoms with Crippen molar-refractivity contribution in [2.75, 3.05) is 0 Å². The van der Waals surface area contributed by atoms with Crippen molar-refractivity contribution in [2.24, 2.45) is 0 Å². The number of hydrogen-bond acceptors (Lipinski definition) is 2. The molecule has 20 heavy (non-hydrogen) atoms. The van der Waals surface area contributed by atoms with Crippen LogP contribution in [0, 0.1) is 11.6 Å². The fourth-order valence-electron chi connectivity index (χ4n) is 2.49. The molecule has 0 saturated carbocycles. The standard InChI is InChI=1S/C16H14F2O2/c17-14-2-1-3-15(18)13(14)9-20-11-5-6-12-10(8-11)4-7-16(12)19/h1-3,5-6,8,16,19H,4,7,9H2/t16-/m1/s1. The minimum absolute atomic E-state index is 0.0759. The van der Waals surface area contributed by atoms with Crippen molar-refractivity contribution in [3.8, 4) is 5.75 Å². The van der Waals surface area contributed by atoms with Gasteiger partial charge in [-0.3, -0.25) is 0 Å². The fourth-order valence-corrected chi connectivity index (χ4v) is 2.49. The molecule has 1 atom stereocenters. The highest BCUT2D eigenvalue weighted by molar-refractivity contribution is 5.40. The molecule has 4 heteroatoms. The molecule has 0 radical (unpaired) electrons. The molecule has 0 unspecified atom stereocenters. The fraction of sp³-hybridized carbons (Fsp3) is 0.250. The smallest absolute Gasteiger partial charge is 0.132 e. The minimum atomic E-state index is -0.610. The maximum atomic E-state index is 13.5. The lowest BCUT2D eigenvalue weighted by Crippen LogP contribution is -2.02. The molecule has 3 rings (SSSR count). The lowest BCUT2D eigenvalue weighted by atomic mass is 10.1.